The Balaban J connectivity index is 1.96. The summed E-state index contributed by atoms with van der Waals surface area (Å²) in [7, 11) is 0. The lowest BCUT2D eigenvalue weighted by Crippen LogP contribution is -2.43. The Kier molecular flexibility index (Phi) is 6.10. The summed E-state index contributed by atoms with van der Waals surface area (Å²) in [4.78, 5) is 23.4. The van der Waals surface area contributed by atoms with E-state index in [9.17, 15) is 14.9 Å². The molecular formula is C15H14N4O3S2. The fraction of sp³-hybridized carbons (Fsp3) is 0.0667. The van der Waals surface area contributed by atoms with Crippen LogP contribution >= 0.6 is 24.0 Å². The molecule has 0 saturated carbocycles. The highest BCUT2D eigenvalue weighted by molar-refractivity contribution is 7.98. The van der Waals surface area contributed by atoms with E-state index in [0.717, 1.165) is 10.6 Å². The molecule has 9 heteroatoms. The fourth-order valence-electron chi connectivity index (χ4n) is 1.87. The summed E-state index contributed by atoms with van der Waals surface area (Å²) in [6.07, 6.45) is 1.96. The first-order valence-corrected chi connectivity index (χ1v) is 8.39. The molecule has 0 aliphatic heterocycles. The highest BCUT2D eigenvalue weighted by Gasteiger charge is 2.19. The summed E-state index contributed by atoms with van der Waals surface area (Å²) in [5, 5.41) is 14.0. The van der Waals surface area contributed by atoms with E-state index in [2.05, 4.69) is 16.2 Å². The maximum absolute atomic E-state index is 12.1. The predicted molar refractivity (Wildman–Crippen MR) is 98.1 cm³/mol. The van der Waals surface area contributed by atoms with Crippen LogP contribution in [0, 0.1) is 10.1 Å². The number of nitrogens with one attached hydrogen (secondary N) is 3. The number of anilines is 1. The van der Waals surface area contributed by atoms with Crippen LogP contribution in [0.25, 0.3) is 0 Å². The van der Waals surface area contributed by atoms with Gasteiger partial charge in [-0.15, -0.1) is 11.8 Å². The standard InChI is InChI=1S/C15H14N4O3S2/c1-24-11-6-4-5-10(9-11)16-15(23)18-17-14(20)12-7-2-3-8-13(12)19(21)22/h2-9H,1H3,(H,17,20)(H2,16,18,23). The van der Waals surface area contributed by atoms with Gasteiger partial charge in [0.2, 0.25) is 0 Å². The van der Waals surface area contributed by atoms with Crippen molar-refractivity contribution in [3.63, 3.8) is 0 Å². The van der Waals surface area contributed by atoms with Crippen molar-refractivity contribution in [1.29, 1.82) is 0 Å². The summed E-state index contributed by atoms with van der Waals surface area (Å²) < 4.78 is 0. The van der Waals surface area contributed by atoms with E-state index in [1.807, 2.05) is 30.5 Å². The molecule has 0 fully saturated rings. The van der Waals surface area contributed by atoms with Crippen LogP contribution in [0.3, 0.4) is 0 Å². The van der Waals surface area contributed by atoms with E-state index in [4.69, 9.17) is 12.2 Å². The van der Waals surface area contributed by atoms with Crippen molar-refractivity contribution in [3.05, 3.63) is 64.2 Å². The lowest BCUT2D eigenvalue weighted by Gasteiger charge is -2.12. The summed E-state index contributed by atoms with van der Waals surface area (Å²) in [6.45, 7) is 0. The Morgan fingerprint density at radius 3 is 2.62 bits per heavy atom. The normalized spacial score (nSPS) is 9.88. The summed E-state index contributed by atoms with van der Waals surface area (Å²) in [5.41, 5.74) is 5.30. The number of nitro groups is 1. The molecule has 0 spiro atoms. The van der Waals surface area contributed by atoms with Gasteiger partial charge < -0.3 is 5.32 Å². The van der Waals surface area contributed by atoms with Crippen LogP contribution in [-0.4, -0.2) is 22.2 Å². The van der Waals surface area contributed by atoms with Gasteiger partial charge in [-0.3, -0.25) is 25.8 Å². The first-order chi connectivity index (χ1) is 11.5. The number of thioether (sulfide) groups is 1. The van der Waals surface area contributed by atoms with Gasteiger partial charge in [-0.05, 0) is 42.7 Å². The zero-order valence-electron chi connectivity index (χ0n) is 12.6. The molecular weight excluding hydrogens is 348 g/mol. The first kappa shape index (κ1) is 17.7. The Morgan fingerprint density at radius 2 is 1.92 bits per heavy atom. The zero-order valence-corrected chi connectivity index (χ0v) is 14.2. The molecule has 0 aliphatic carbocycles. The number of rotatable bonds is 4. The van der Waals surface area contributed by atoms with E-state index in [-0.39, 0.29) is 16.4 Å². The summed E-state index contributed by atoms with van der Waals surface area (Å²) >= 11 is 6.68. The lowest BCUT2D eigenvalue weighted by molar-refractivity contribution is -0.385. The maximum atomic E-state index is 12.1. The Hall–Kier alpha value is -2.65. The van der Waals surface area contributed by atoms with Crippen molar-refractivity contribution in [3.8, 4) is 0 Å². The van der Waals surface area contributed by atoms with Gasteiger partial charge in [0.15, 0.2) is 5.11 Å². The van der Waals surface area contributed by atoms with Gasteiger partial charge in [0, 0.05) is 16.6 Å². The van der Waals surface area contributed by atoms with E-state index >= 15 is 0 Å². The number of hydrogen-bond acceptors (Lipinski definition) is 5. The smallest absolute Gasteiger partial charge is 0.282 e. The average Bonchev–Trinajstić information content (AvgIpc) is 2.59. The van der Waals surface area contributed by atoms with Crippen molar-refractivity contribution >= 4 is 46.4 Å². The van der Waals surface area contributed by atoms with Crippen molar-refractivity contribution in [2.75, 3.05) is 11.6 Å². The first-order valence-electron chi connectivity index (χ1n) is 6.76. The van der Waals surface area contributed by atoms with E-state index < -0.39 is 10.8 Å². The van der Waals surface area contributed by atoms with Gasteiger partial charge in [-0.1, -0.05) is 18.2 Å². The average molecular weight is 362 g/mol. The van der Waals surface area contributed by atoms with Gasteiger partial charge >= 0.3 is 0 Å². The topological polar surface area (TPSA) is 96.3 Å². The molecule has 0 saturated heterocycles. The molecule has 0 aliphatic rings. The molecule has 2 aromatic carbocycles. The van der Waals surface area contributed by atoms with Crippen molar-refractivity contribution in [1.82, 2.24) is 10.9 Å². The minimum absolute atomic E-state index is 0.0535. The maximum Gasteiger partial charge on any atom is 0.282 e. The highest BCUT2D eigenvalue weighted by Crippen LogP contribution is 2.19. The minimum Gasteiger partial charge on any atom is -0.331 e. The Bertz CT molecular complexity index is 783. The van der Waals surface area contributed by atoms with Crippen LogP contribution in [0.4, 0.5) is 11.4 Å². The van der Waals surface area contributed by atoms with Gasteiger partial charge in [0.25, 0.3) is 11.6 Å². The monoisotopic (exact) mass is 362 g/mol. The summed E-state index contributed by atoms with van der Waals surface area (Å²) in [5.74, 6) is -0.649. The highest BCUT2D eigenvalue weighted by atomic mass is 32.2. The number of benzene rings is 2. The van der Waals surface area contributed by atoms with Crippen LogP contribution < -0.4 is 16.2 Å². The molecule has 0 bridgehead atoms. The van der Waals surface area contributed by atoms with Crippen molar-refractivity contribution < 1.29 is 9.72 Å². The SMILES string of the molecule is CSc1cccc(NC(=S)NNC(=O)c2ccccc2[N+](=O)[O-])c1. The Morgan fingerprint density at radius 1 is 1.17 bits per heavy atom. The molecule has 7 nitrogen and oxygen atoms in total. The second-order valence-corrected chi connectivity index (χ2v) is 5.83. The van der Waals surface area contributed by atoms with E-state index in [0.29, 0.717) is 0 Å². The molecule has 0 unspecified atom stereocenters. The zero-order chi connectivity index (χ0) is 17.5. The number of nitro benzene ring substituents is 1. The number of para-hydroxylation sites is 1. The number of nitrogens with zero attached hydrogens (tertiary/aromatic N) is 1. The largest absolute Gasteiger partial charge is 0.331 e. The van der Waals surface area contributed by atoms with E-state index in [1.165, 1.54) is 18.2 Å². The van der Waals surface area contributed by atoms with Crippen LogP contribution in [0.5, 0.6) is 0 Å². The van der Waals surface area contributed by atoms with Gasteiger partial charge in [-0.2, -0.15) is 0 Å². The molecule has 24 heavy (non-hydrogen) atoms. The van der Waals surface area contributed by atoms with Crippen molar-refractivity contribution in [2.45, 2.75) is 4.90 Å². The second-order valence-electron chi connectivity index (χ2n) is 4.54. The molecule has 1 amide bonds. The lowest BCUT2D eigenvalue weighted by atomic mass is 10.2. The Labute approximate surface area is 147 Å². The minimum atomic E-state index is -0.649. The number of carbonyl (C=O) groups excluding carboxylic acids is 1. The van der Waals surface area contributed by atoms with Crippen LogP contribution in [0.2, 0.25) is 0 Å². The molecule has 0 aromatic heterocycles. The van der Waals surface area contributed by atoms with Crippen LogP contribution in [-0.2, 0) is 0 Å². The quantitative estimate of drug-likeness (QED) is 0.333. The van der Waals surface area contributed by atoms with Crippen LogP contribution in [0.15, 0.2) is 53.4 Å². The van der Waals surface area contributed by atoms with E-state index in [1.54, 1.807) is 17.8 Å². The second kappa shape index (κ2) is 8.27. The molecule has 124 valence electrons. The van der Waals surface area contributed by atoms with Gasteiger partial charge in [0.05, 0.1) is 4.92 Å². The predicted octanol–water partition coefficient (Wildman–Crippen LogP) is 2.95. The molecule has 0 atom stereocenters. The third-order valence-corrected chi connectivity index (χ3v) is 3.89. The van der Waals surface area contributed by atoms with Gasteiger partial charge in [-0.25, -0.2) is 0 Å². The van der Waals surface area contributed by atoms with Gasteiger partial charge in [0.1, 0.15) is 5.56 Å². The number of amides is 1. The third kappa shape index (κ3) is 4.67. The number of hydrogen-bond donors (Lipinski definition) is 3. The molecule has 0 radical (unpaired) electrons. The third-order valence-electron chi connectivity index (χ3n) is 2.96. The molecule has 2 aromatic rings. The number of thiocarbonyl (C=S) groups is 1. The van der Waals surface area contributed by atoms with Crippen molar-refractivity contribution in [2.24, 2.45) is 0 Å². The molecule has 0 heterocycles. The number of hydrazine groups is 1. The number of carbonyl (C=O) groups is 1. The molecule has 2 rings (SSSR count). The fourth-order valence-corrected chi connectivity index (χ4v) is 2.50. The molecule has 3 N–H and O–H groups in total. The summed E-state index contributed by atoms with van der Waals surface area (Å²) in [6, 6.07) is 13.2. The van der Waals surface area contributed by atoms with Crippen LogP contribution in [0.1, 0.15) is 10.4 Å².